The SMILES string of the molecule is CCCCCCCCCCCCC.CCCCCCCCCCCCCC.CCCCCCCCCCCCCCC(=O)OC[C@H](CO)OC(=O)CCCCCCCC.O.O.O.O.O.O.O.O.O.O.OCCO. The maximum Gasteiger partial charge on any atom is 0.306 e. The van der Waals surface area contributed by atoms with Crippen LogP contribution in [0, 0.1) is 0 Å². The highest BCUT2D eigenvalue weighted by molar-refractivity contribution is 5.70. The molecule has 17 nitrogen and oxygen atoms in total. The average molecular weight is 1080 g/mol. The Kier molecular flexibility index (Phi) is 157. The van der Waals surface area contributed by atoms with Crippen molar-refractivity contribution in [1.29, 1.82) is 0 Å². The molecule has 17 heteroatoms. The van der Waals surface area contributed by atoms with Crippen LogP contribution in [0.5, 0.6) is 0 Å². The number of carbonyl (C=O) groups excluding carboxylic acids is 2. The summed E-state index contributed by atoms with van der Waals surface area (Å²) in [6, 6.07) is 0. The van der Waals surface area contributed by atoms with Crippen molar-refractivity contribution < 1.29 is 89.1 Å². The van der Waals surface area contributed by atoms with Gasteiger partial charge < -0.3 is 79.6 Å². The summed E-state index contributed by atoms with van der Waals surface area (Å²) in [5, 5.41) is 24.6. The van der Waals surface area contributed by atoms with Crippen LogP contribution >= 0.6 is 0 Å². The number of aliphatic hydroxyl groups excluding tert-OH is 3. The van der Waals surface area contributed by atoms with Gasteiger partial charge >= 0.3 is 11.9 Å². The Morgan fingerprint density at radius 2 is 0.466 bits per heavy atom. The predicted molar refractivity (Wildman–Crippen MR) is 311 cm³/mol. The lowest BCUT2D eigenvalue weighted by atomic mass is 10.0. The molecule has 0 heterocycles. The zero-order valence-corrected chi connectivity index (χ0v) is 48.8. The van der Waals surface area contributed by atoms with Gasteiger partial charge in [0, 0.05) is 12.8 Å². The van der Waals surface area contributed by atoms with Gasteiger partial charge in [0.15, 0.2) is 6.10 Å². The minimum absolute atomic E-state index is 0. The van der Waals surface area contributed by atoms with Gasteiger partial charge in [-0.25, -0.2) is 0 Å². The number of ether oxygens (including phenoxy) is 2. The molecule has 0 aliphatic heterocycles. The quantitative estimate of drug-likeness (QED) is 0.0391. The molecule has 462 valence electrons. The van der Waals surface area contributed by atoms with E-state index in [1.165, 1.54) is 231 Å². The van der Waals surface area contributed by atoms with E-state index in [1.807, 2.05) is 0 Å². The van der Waals surface area contributed by atoms with E-state index < -0.39 is 6.10 Å². The van der Waals surface area contributed by atoms with E-state index in [2.05, 4.69) is 41.5 Å². The number of hydrogen-bond acceptors (Lipinski definition) is 7. The van der Waals surface area contributed by atoms with Crippen LogP contribution < -0.4 is 0 Å². The summed E-state index contributed by atoms with van der Waals surface area (Å²) in [6.45, 7) is 12.9. The van der Waals surface area contributed by atoms with Crippen molar-refractivity contribution in [2.75, 3.05) is 26.4 Å². The van der Waals surface area contributed by atoms with E-state index in [9.17, 15) is 14.7 Å². The van der Waals surface area contributed by atoms with Crippen molar-refractivity contribution in [3.05, 3.63) is 0 Å². The molecule has 0 radical (unpaired) electrons. The zero-order chi connectivity index (χ0) is 47.4. The number of carbonyl (C=O) groups is 2. The fourth-order valence-electron chi connectivity index (χ4n) is 7.44. The van der Waals surface area contributed by atoms with Gasteiger partial charge in [0.1, 0.15) is 6.61 Å². The second kappa shape index (κ2) is 107. The van der Waals surface area contributed by atoms with Crippen LogP contribution in [-0.4, -0.2) is 115 Å². The van der Waals surface area contributed by atoms with E-state index in [4.69, 9.17) is 19.7 Å². The Labute approximate surface area is 450 Å². The molecule has 0 spiro atoms. The Hall–Kier alpha value is -1.58. The van der Waals surface area contributed by atoms with Gasteiger partial charge in [0.2, 0.25) is 0 Å². The summed E-state index contributed by atoms with van der Waals surface area (Å²) in [5.74, 6) is -0.598. The number of aliphatic hydroxyl groups is 3. The van der Waals surface area contributed by atoms with Crippen LogP contribution in [0.4, 0.5) is 0 Å². The number of rotatable bonds is 46. The van der Waals surface area contributed by atoms with E-state index >= 15 is 0 Å². The van der Waals surface area contributed by atoms with Crippen LogP contribution in [0.15, 0.2) is 0 Å². The first-order chi connectivity index (χ1) is 30.9. The van der Waals surface area contributed by atoms with Crippen LogP contribution in [-0.2, 0) is 19.1 Å². The molecule has 1 atom stereocenters. The van der Waals surface area contributed by atoms with Crippen molar-refractivity contribution in [2.24, 2.45) is 0 Å². The monoisotopic (exact) mass is 1080 g/mol. The molecule has 0 aromatic rings. The van der Waals surface area contributed by atoms with Crippen LogP contribution in [0.1, 0.15) is 318 Å². The lowest BCUT2D eigenvalue weighted by molar-refractivity contribution is -0.161. The molecule has 0 saturated carbocycles. The van der Waals surface area contributed by atoms with E-state index in [1.54, 1.807) is 0 Å². The van der Waals surface area contributed by atoms with Gasteiger partial charge in [-0.3, -0.25) is 9.59 Å². The molecule has 0 bridgehead atoms. The highest BCUT2D eigenvalue weighted by Gasteiger charge is 2.16. The van der Waals surface area contributed by atoms with Crippen molar-refractivity contribution >= 4 is 11.9 Å². The Bertz CT molecular complexity index is 793. The van der Waals surface area contributed by atoms with E-state index in [-0.39, 0.29) is 93.1 Å². The van der Waals surface area contributed by atoms with E-state index in [0.29, 0.717) is 12.8 Å². The van der Waals surface area contributed by atoms with Gasteiger partial charge in [-0.2, -0.15) is 0 Å². The fourth-order valence-corrected chi connectivity index (χ4v) is 7.44. The summed E-state index contributed by atoms with van der Waals surface area (Å²) in [4.78, 5) is 23.8. The minimum Gasteiger partial charge on any atom is -0.462 e. The van der Waals surface area contributed by atoms with Gasteiger partial charge in [0.25, 0.3) is 0 Å². The highest BCUT2D eigenvalue weighted by atomic mass is 16.6. The molecular formula is C56H136O17. The number of unbranched alkanes of at least 4 members (excludes halogenated alkanes) is 37. The third kappa shape index (κ3) is 116. The smallest absolute Gasteiger partial charge is 0.306 e. The van der Waals surface area contributed by atoms with Gasteiger partial charge in [-0.05, 0) is 12.8 Å². The molecule has 0 aromatic heterocycles. The summed E-state index contributed by atoms with van der Waals surface area (Å²) >= 11 is 0. The molecule has 73 heavy (non-hydrogen) atoms. The minimum atomic E-state index is -0.756. The van der Waals surface area contributed by atoms with Crippen molar-refractivity contribution in [3.8, 4) is 0 Å². The summed E-state index contributed by atoms with van der Waals surface area (Å²) < 4.78 is 10.4. The topological polar surface area (TPSA) is 428 Å². The largest absolute Gasteiger partial charge is 0.462 e. The Morgan fingerprint density at radius 3 is 0.644 bits per heavy atom. The first-order valence-electron chi connectivity index (χ1n) is 28.1. The Balaban J connectivity index is -0.0000000600. The fraction of sp³-hybridized carbons (Fsp3) is 0.964. The number of hydrogen-bond donors (Lipinski definition) is 3. The summed E-state index contributed by atoms with van der Waals surface area (Å²) in [6.07, 6.45) is 55.0. The Morgan fingerprint density at radius 1 is 0.288 bits per heavy atom. The molecule has 0 saturated heterocycles. The molecule has 0 rings (SSSR count). The zero-order valence-electron chi connectivity index (χ0n) is 48.8. The maximum absolute atomic E-state index is 11.9. The van der Waals surface area contributed by atoms with Gasteiger partial charge in [-0.15, -0.1) is 0 Å². The van der Waals surface area contributed by atoms with Crippen molar-refractivity contribution in [1.82, 2.24) is 0 Å². The maximum atomic E-state index is 11.9. The van der Waals surface area contributed by atoms with Crippen LogP contribution in [0.3, 0.4) is 0 Å². The molecule has 0 fully saturated rings. The molecule has 0 aromatic carbocycles. The van der Waals surface area contributed by atoms with Gasteiger partial charge in [0.05, 0.1) is 19.8 Å². The van der Waals surface area contributed by atoms with Crippen molar-refractivity contribution in [3.63, 3.8) is 0 Å². The first-order valence-corrected chi connectivity index (χ1v) is 28.1. The van der Waals surface area contributed by atoms with E-state index in [0.717, 1.165) is 32.1 Å². The average Bonchev–Trinajstić information content (AvgIpc) is 3.30. The van der Waals surface area contributed by atoms with Crippen LogP contribution in [0.2, 0.25) is 0 Å². The third-order valence-electron chi connectivity index (χ3n) is 11.7. The molecule has 0 aliphatic rings. The lowest BCUT2D eigenvalue weighted by Gasteiger charge is -2.15. The first kappa shape index (κ1) is 107. The molecule has 0 amide bonds. The highest BCUT2D eigenvalue weighted by Crippen LogP contribution is 2.15. The van der Waals surface area contributed by atoms with Crippen LogP contribution in [0.25, 0.3) is 0 Å². The molecule has 23 N–H and O–H groups in total. The lowest BCUT2D eigenvalue weighted by Crippen LogP contribution is -2.28. The number of esters is 2. The normalized spacial score (nSPS) is 9.60. The summed E-state index contributed by atoms with van der Waals surface area (Å²) in [5.41, 5.74) is 0. The van der Waals surface area contributed by atoms with Crippen molar-refractivity contribution in [2.45, 2.75) is 324 Å². The molecule has 0 unspecified atom stereocenters. The second-order valence-corrected chi connectivity index (χ2v) is 18.3. The second-order valence-electron chi connectivity index (χ2n) is 18.3. The third-order valence-corrected chi connectivity index (χ3v) is 11.7. The van der Waals surface area contributed by atoms with Gasteiger partial charge in [-0.1, -0.05) is 292 Å². The molecular weight excluding hydrogens is 945 g/mol. The standard InChI is InChI=1S/C27H52O5.C14H30.C13H28.C2H6O2.10H2O/c1-3-5-7-9-11-12-13-14-15-16-18-19-21-26(29)31-24-25(23-28)32-27(30)22-20-17-10-8-6-4-2;1-3-5-7-9-11-13-14-12-10-8-6-4-2;1-3-5-7-9-11-13-12-10-8-6-4-2;3-1-2-4;;;;;;;;;;/h25,28H,3-24H2,1-2H3;3-14H2,1-2H3;3-13H2,1-2H3;3-4H,1-2H2;10*1H2/t25-;;;;;;;;;;;;;/m0............./s1. The molecule has 0 aliphatic carbocycles. The summed E-state index contributed by atoms with van der Waals surface area (Å²) in [7, 11) is 0. The predicted octanol–water partition coefficient (Wildman–Crippen LogP) is 9.02.